The van der Waals surface area contributed by atoms with E-state index < -0.39 is 66.1 Å². The van der Waals surface area contributed by atoms with Gasteiger partial charge in [-0.2, -0.15) is 0 Å². The van der Waals surface area contributed by atoms with Crippen LogP contribution in [0.3, 0.4) is 0 Å². The van der Waals surface area contributed by atoms with Gasteiger partial charge in [-0.15, -0.1) is 0 Å². The first-order valence-electron chi connectivity index (χ1n) is 12.1. The van der Waals surface area contributed by atoms with Crippen molar-refractivity contribution in [2.75, 3.05) is 14.1 Å². The van der Waals surface area contributed by atoms with Gasteiger partial charge < -0.3 is 26.2 Å². The highest BCUT2D eigenvalue weighted by Gasteiger charge is 2.63. The van der Waals surface area contributed by atoms with Crippen LogP contribution in [0.25, 0.3) is 0 Å². The van der Waals surface area contributed by atoms with Crippen molar-refractivity contribution in [2.45, 2.75) is 56.6 Å². The quantitative estimate of drug-likeness (QED) is 0.294. The summed E-state index contributed by atoms with van der Waals surface area (Å²) >= 11 is 0. The number of nitrogens with zero attached hydrogens (tertiary/aromatic N) is 1. The normalized spacial score (nSPS) is 28.2. The molecule has 6 N–H and O–H groups in total. The molecular formula is C26H34N2O7Si. The average Bonchev–Trinajstić information content (AvgIpc) is 2.74. The van der Waals surface area contributed by atoms with Gasteiger partial charge in [0, 0.05) is 19.6 Å². The number of aliphatic hydroxyl groups is 3. The van der Waals surface area contributed by atoms with Crippen molar-refractivity contribution in [1.29, 1.82) is 0 Å². The number of Topliss-reactive ketones (excluding diaryl/α,β-unsaturated/α-hetero) is 2. The fourth-order valence-electron chi connectivity index (χ4n) is 6.06. The maximum Gasteiger partial charge on any atom is 0.255 e. The molecule has 0 aromatic heterocycles. The molecule has 1 aromatic carbocycles. The summed E-state index contributed by atoms with van der Waals surface area (Å²) in [7, 11) is 1.83. The number of hydrogen-bond acceptors (Lipinski definition) is 8. The van der Waals surface area contributed by atoms with Crippen molar-refractivity contribution in [3.05, 3.63) is 51.5 Å². The highest BCUT2D eigenvalue weighted by Crippen LogP contribution is 2.52. The number of primary amides is 1. The molecule has 0 heterocycles. The van der Waals surface area contributed by atoms with Gasteiger partial charge in [0.15, 0.2) is 11.4 Å². The van der Waals surface area contributed by atoms with E-state index in [1.165, 1.54) is 6.07 Å². The van der Waals surface area contributed by atoms with Gasteiger partial charge in [-0.05, 0) is 56.5 Å². The van der Waals surface area contributed by atoms with Crippen LogP contribution in [0, 0.1) is 11.8 Å². The number of allylic oxidation sites excluding steroid dienone is 1. The van der Waals surface area contributed by atoms with E-state index in [2.05, 4.69) is 19.6 Å². The molecule has 3 aliphatic rings. The van der Waals surface area contributed by atoms with Gasteiger partial charge in [-0.1, -0.05) is 31.8 Å². The number of benzene rings is 1. The number of amides is 1. The van der Waals surface area contributed by atoms with Crippen molar-refractivity contribution >= 4 is 25.5 Å². The molecule has 0 saturated heterocycles. The number of carbonyl (C=O) groups is 3. The molecule has 9 nitrogen and oxygen atoms in total. The second-order valence-electron chi connectivity index (χ2n) is 11.6. The molecule has 4 atom stereocenters. The first-order chi connectivity index (χ1) is 16.6. The van der Waals surface area contributed by atoms with E-state index >= 15 is 0 Å². The number of ketones is 2. The molecule has 10 heteroatoms. The van der Waals surface area contributed by atoms with E-state index in [4.69, 9.17) is 5.73 Å². The number of aromatic hydroxyl groups is 1. The number of fused-ring (bicyclic) bond motifs is 3. The lowest BCUT2D eigenvalue weighted by Crippen LogP contribution is -2.63. The van der Waals surface area contributed by atoms with Crippen molar-refractivity contribution in [2.24, 2.45) is 17.6 Å². The van der Waals surface area contributed by atoms with Crippen LogP contribution >= 0.6 is 0 Å². The zero-order valence-electron chi connectivity index (χ0n) is 21.3. The Morgan fingerprint density at radius 3 is 2.36 bits per heavy atom. The number of hydrogen-bond donors (Lipinski definition) is 5. The number of phenols is 1. The minimum absolute atomic E-state index is 0.0730. The van der Waals surface area contributed by atoms with E-state index in [1.54, 1.807) is 19.0 Å². The fourth-order valence-corrected chi connectivity index (χ4v) is 7.08. The van der Waals surface area contributed by atoms with Crippen LogP contribution in [0.1, 0.15) is 27.9 Å². The van der Waals surface area contributed by atoms with E-state index in [1.807, 2.05) is 6.07 Å². The summed E-state index contributed by atoms with van der Waals surface area (Å²) in [4.78, 5) is 40.6. The molecule has 0 bridgehead atoms. The lowest BCUT2D eigenvalue weighted by molar-refractivity contribution is -0.148. The molecule has 0 unspecified atom stereocenters. The maximum atomic E-state index is 13.7. The first kappa shape index (κ1) is 26.1. The number of nitrogens with two attached hydrogens (primary N) is 1. The SMILES string of the molecule is CN(C)[C@@H]1C(O)=C(C(N)=O)C(=O)[C@@]2(O)C(O)=C3C(=O)c4c(O)ccc(CC[Si](C)(C)C)c4C[C@H]3C[C@@H]12. The zero-order valence-corrected chi connectivity index (χ0v) is 22.3. The summed E-state index contributed by atoms with van der Waals surface area (Å²) in [6, 6.07) is 3.29. The predicted octanol–water partition coefficient (Wildman–Crippen LogP) is 2.00. The molecule has 0 saturated carbocycles. The average molecular weight is 515 g/mol. The first-order valence-corrected chi connectivity index (χ1v) is 15.8. The fraction of sp³-hybridized carbons (Fsp3) is 0.500. The van der Waals surface area contributed by atoms with Gasteiger partial charge in [0.2, 0.25) is 5.78 Å². The number of carbonyl (C=O) groups excluding carboxylic acids is 3. The third-order valence-electron chi connectivity index (χ3n) is 7.85. The highest BCUT2D eigenvalue weighted by molar-refractivity contribution is 6.76. The summed E-state index contributed by atoms with van der Waals surface area (Å²) in [5.41, 5.74) is 3.55. The number of rotatable bonds is 5. The van der Waals surface area contributed by atoms with Crippen LogP contribution in [0.4, 0.5) is 0 Å². The van der Waals surface area contributed by atoms with Crippen LogP contribution < -0.4 is 5.73 Å². The van der Waals surface area contributed by atoms with Gasteiger partial charge in [0.05, 0.1) is 11.6 Å². The van der Waals surface area contributed by atoms with Crippen molar-refractivity contribution in [3.63, 3.8) is 0 Å². The Balaban J connectivity index is 1.89. The summed E-state index contributed by atoms with van der Waals surface area (Å²) in [6.07, 6.45) is 1.17. The molecule has 0 radical (unpaired) electrons. The van der Waals surface area contributed by atoms with Crippen molar-refractivity contribution in [3.8, 4) is 5.75 Å². The Morgan fingerprint density at radius 1 is 1.17 bits per heavy atom. The van der Waals surface area contributed by atoms with Crippen LogP contribution in [0.5, 0.6) is 5.75 Å². The molecule has 0 spiro atoms. The number of aryl methyl sites for hydroxylation is 1. The van der Waals surface area contributed by atoms with Crippen LogP contribution in [-0.4, -0.2) is 76.6 Å². The molecule has 4 rings (SSSR count). The second kappa shape index (κ2) is 8.57. The summed E-state index contributed by atoms with van der Waals surface area (Å²) in [5, 5.41) is 44.4. The lowest BCUT2D eigenvalue weighted by Gasteiger charge is -2.50. The Morgan fingerprint density at radius 2 is 1.81 bits per heavy atom. The minimum atomic E-state index is -2.62. The van der Waals surface area contributed by atoms with Crippen LogP contribution in [0.2, 0.25) is 25.7 Å². The topological polar surface area (TPSA) is 161 Å². The maximum absolute atomic E-state index is 13.7. The third-order valence-corrected chi connectivity index (χ3v) is 9.60. The highest BCUT2D eigenvalue weighted by atomic mass is 28.3. The Bertz CT molecular complexity index is 1240. The van der Waals surface area contributed by atoms with Gasteiger partial charge in [-0.25, -0.2) is 0 Å². The standard InChI is InChI=1S/C26H34N2O7Si/c1-28(2)20-15-11-13-10-14-12(8-9-36(3,4)5)6-7-16(29)18(14)21(30)17(13)23(32)26(15,35)24(33)19(22(20)31)25(27)34/h6-7,13,15,20,29,31-32,35H,8-11H2,1-5H3,(H2,27,34)/t13-,15-,20-,26-/m0/s1. The van der Waals surface area contributed by atoms with E-state index in [0.717, 1.165) is 18.0 Å². The smallest absolute Gasteiger partial charge is 0.255 e. The van der Waals surface area contributed by atoms with E-state index in [0.29, 0.717) is 12.0 Å². The third kappa shape index (κ3) is 3.79. The zero-order chi connectivity index (χ0) is 26.9. The van der Waals surface area contributed by atoms with Crippen molar-refractivity contribution < 1.29 is 34.8 Å². The molecule has 3 aliphatic carbocycles. The minimum Gasteiger partial charge on any atom is -0.510 e. The largest absolute Gasteiger partial charge is 0.510 e. The van der Waals surface area contributed by atoms with Gasteiger partial charge in [0.25, 0.3) is 5.91 Å². The Labute approximate surface area is 210 Å². The number of phenolic OH excluding ortho intramolecular Hbond substituents is 1. The van der Waals surface area contributed by atoms with Crippen LogP contribution in [0.15, 0.2) is 34.8 Å². The second-order valence-corrected chi connectivity index (χ2v) is 17.2. The van der Waals surface area contributed by atoms with Gasteiger partial charge in [0.1, 0.15) is 22.8 Å². The van der Waals surface area contributed by atoms with Gasteiger partial charge >= 0.3 is 0 Å². The monoisotopic (exact) mass is 514 g/mol. The summed E-state index contributed by atoms with van der Waals surface area (Å²) < 4.78 is 0. The Hall–Kier alpha value is -2.95. The summed E-state index contributed by atoms with van der Waals surface area (Å²) in [6.45, 7) is 6.77. The van der Waals surface area contributed by atoms with Crippen molar-refractivity contribution in [1.82, 2.24) is 4.90 Å². The molecule has 0 aliphatic heterocycles. The van der Waals surface area contributed by atoms with Crippen LogP contribution in [-0.2, 0) is 22.4 Å². The molecular weight excluding hydrogens is 480 g/mol. The molecule has 1 aromatic rings. The van der Waals surface area contributed by atoms with Gasteiger partial charge in [-0.3, -0.25) is 19.3 Å². The summed E-state index contributed by atoms with van der Waals surface area (Å²) in [5.74, 6) is -6.32. The molecule has 1 amide bonds. The van der Waals surface area contributed by atoms with E-state index in [9.17, 15) is 34.8 Å². The number of aliphatic hydroxyl groups excluding tert-OH is 2. The molecule has 0 fully saturated rings. The molecule has 36 heavy (non-hydrogen) atoms. The Kier molecular flexibility index (Phi) is 6.22. The lowest BCUT2D eigenvalue weighted by atomic mass is 9.58. The number of likely N-dealkylation sites (N-methyl/N-ethyl adjacent to an activating group) is 1. The molecule has 194 valence electrons. The van der Waals surface area contributed by atoms with E-state index in [-0.39, 0.29) is 23.3 Å². The predicted molar refractivity (Wildman–Crippen MR) is 136 cm³/mol.